The molecule has 0 radical (unpaired) electrons. The number of aromatic hydroxyl groups is 1. The van der Waals surface area contributed by atoms with Crippen LogP contribution in [-0.4, -0.2) is 24.9 Å². The number of hydrogen-bond acceptors (Lipinski definition) is 3. The molecular weight excluding hydrogens is 199 g/mol. The lowest BCUT2D eigenvalue weighted by molar-refractivity contribution is 0.100. The van der Waals surface area contributed by atoms with E-state index in [0.29, 0.717) is 25.6 Å². The van der Waals surface area contributed by atoms with Gasteiger partial charge in [0.15, 0.2) is 11.6 Å². The third-order valence-electron chi connectivity index (χ3n) is 1.76. The van der Waals surface area contributed by atoms with Gasteiger partial charge in [-0.3, -0.25) is 0 Å². The van der Waals surface area contributed by atoms with Gasteiger partial charge in [-0.2, -0.15) is 0 Å². The molecule has 0 atom stereocenters. The van der Waals surface area contributed by atoms with Crippen molar-refractivity contribution in [2.75, 3.05) is 19.8 Å². The fraction of sp³-hybridized carbons (Fsp3) is 0.455. The summed E-state index contributed by atoms with van der Waals surface area (Å²) in [7, 11) is 0. The number of phenolic OH excluding ortho intramolecular Hbond substituents is 1. The number of halogens is 1. The first kappa shape index (κ1) is 11.8. The Labute approximate surface area is 88.4 Å². The highest BCUT2D eigenvalue weighted by molar-refractivity contribution is 5.31. The molecule has 1 rings (SSSR count). The molecule has 0 aromatic heterocycles. The maximum atomic E-state index is 12.8. The first-order valence-electron chi connectivity index (χ1n) is 4.93. The highest BCUT2D eigenvalue weighted by Crippen LogP contribution is 2.20. The van der Waals surface area contributed by atoms with Crippen LogP contribution < -0.4 is 4.74 Å². The van der Waals surface area contributed by atoms with E-state index in [-0.39, 0.29) is 5.75 Å². The van der Waals surface area contributed by atoms with Gasteiger partial charge in [0.25, 0.3) is 0 Å². The molecule has 0 saturated carbocycles. The highest BCUT2D eigenvalue weighted by atomic mass is 19.1. The summed E-state index contributed by atoms with van der Waals surface area (Å²) in [4.78, 5) is 0. The molecule has 84 valence electrons. The van der Waals surface area contributed by atoms with Crippen LogP contribution in [0, 0.1) is 5.82 Å². The van der Waals surface area contributed by atoms with Crippen molar-refractivity contribution in [3.05, 3.63) is 24.0 Å². The Morgan fingerprint density at radius 2 is 2.07 bits per heavy atom. The van der Waals surface area contributed by atoms with Crippen LogP contribution in [0.3, 0.4) is 0 Å². The van der Waals surface area contributed by atoms with Crippen LogP contribution in [0.15, 0.2) is 18.2 Å². The van der Waals surface area contributed by atoms with Gasteiger partial charge in [-0.25, -0.2) is 4.39 Å². The summed E-state index contributed by atoms with van der Waals surface area (Å²) in [6.07, 6.45) is 0.966. The summed E-state index contributed by atoms with van der Waals surface area (Å²) >= 11 is 0. The van der Waals surface area contributed by atoms with E-state index in [2.05, 4.69) is 0 Å². The lowest BCUT2D eigenvalue weighted by Crippen LogP contribution is -2.07. The Balaban J connectivity index is 2.28. The van der Waals surface area contributed by atoms with Crippen LogP contribution >= 0.6 is 0 Å². The van der Waals surface area contributed by atoms with E-state index in [9.17, 15) is 4.39 Å². The lowest BCUT2D eigenvalue weighted by atomic mass is 10.3. The maximum absolute atomic E-state index is 12.8. The Morgan fingerprint density at radius 3 is 2.73 bits per heavy atom. The van der Waals surface area contributed by atoms with Gasteiger partial charge in [-0.15, -0.1) is 0 Å². The number of rotatable bonds is 6. The van der Waals surface area contributed by atoms with E-state index in [1.807, 2.05) is 6.92 Å². The summed E-state index contributed by atoms with van der Waals surface area (Å²) < 4.78 is 23.3. The lowest BCUT2D eigenvalue weighted by Gasteiger charge is -2.06. The Bertz CT molecular complexity index is 302. The van der Waals surface area contributed by atoms with Crippen LogP contribution in [0.4, 0.5) is 4.39 Å². The van der Waals surface area contributed by atoms with E-state index in [0.717, 1.165) is 12.5 Å². The summed E-state index contributed by atoms with van der Waals surface area (Å²) in [5.74, 6) is -0.656. The number of phenols is 1. The van der Waals surface area contributed by atoms with Crippen LogP contribution in [0.5, 0.6) is 11.5 Å². The third-order valence-corrected chi connectivity index (χ3v) is 1.76. The summed E-state index contributed by atoms with van der Waals surface area (Å²) in [6.45, 7) is 3.59. The molecule has 4 heteroatoms. The minimum absolute atomic E-state index is 0.371. The molecule has 0 saturated heterocycles. The third kappa shape index (κ3) is 4.16. The molecule has 0 heterocycles. The minimum Gasteiger partial charge on any atom is -0.505 e. The van der Waals surface area contributed by atoms with Crippen molar-refractivity contribution in [3.8, 4) is 11.5 Å². The first-order valence-corrected chi connectivity index (χ1v) is 4.93. The molecule has 0 aliphatic rings. The number of hydrogen-bond donors (Lipinski definition) is 1. The maximum Gasteiger partial charge on any atom is 0.168 e. The fourth-order valence-corrected chi connectivity index (χ4v) is 1.04. The molecular formula is C11H15FO3. The minimum atomic E-state index is -0.679. The molecule has 0 aliphatic heterocycles. The second-order valence-electron chi connectivity index (χ2n) is 3.07. The zero-order valence-corrected chi connectivity index (χ0v) is 8.70. The smallest absolute Gasteiger partial charge is 0.168 e. The fourth-order valence-electron chi connectivity index (χ4n) is 1.04. The summed E-state index contributed by atoms with van der Waals surface area (Å²) in [6, 6.07) is 3.92. The number of benzene rings is 1. The van der Waals surface area contributed by atoms with E-state index in [1.54, 1.807) is 0 Å². The second kappa shape index (κ2) is 6.24. The molecule has 0 spiro atoms. The van der Waals surface area contributed by atoms with E-state index in [4.69, 9.17) is 14.6 Å². The molecule has 1 N–H and O–H groups in total. The van der Waals surface area contributed by atoms with Crippen LogP contribution in [-0.2, 0) is 4.74 Å². The monoisotopic (exact) mass is 214 g/mol. The molecule has 0 unspecified atom stereocenters. The van der Waals surface area contributed by atoms with Crippen molar-refractivity contribution >= 4 is 0 Å². The van der Waals surface area contributed by atoms with Gasteiger partial charge >= 0.3 is 0 Å². The molecule has 1 aromatic carbocycles. The van der Waals surface area contributed by atoms with Gasteiger partial charge in [0.2, 0.25) is 0 Å². The van der Waals surface area contributed by atoms with Crippen molar-refractivity contribution in [1.29, 1.82) is 0 Å². The van der Waals surface area contributed by atoms with Crippen molar-refractivity contribution in [1.82, 2.24) is 0 Å². The summed E-state index contributed by atoms with van der Waals surface area (Å²) in [5.41, 5.74) is 0. The topological polar surface area (TPSA) is 38.7 Å². The molecule has 0 bridgehead atoms. The van der Waals surface area contributed by atoms with Crippen molar-refractivity contribution in [2.24, 2.45) is 0 Å². The molecule has 1 aromatic rings. The highest BCUT2D eigenvalue weighted by Gasteiger charge is 2.01. The number of ether oxygens (including phenoxy) is 2. The molecule has 0 aliphatic carbocycles. The zero-order chi connectivity index (χ0) is 11.1. The molecule has 0 fully saturated rings. The second-order valence-corrected chi connectivity index (χ2v) is 3.07. The summed E-state index contributed by atoms with van der Waals surface area (Å²) in [5, 5.41) is 8.93. The Kier molecular flexibility index (Phi) is 4.90. The van der Waals surface area contributed by atoms with E-state index in [1.165, 1.54) is 12.1 Å². The SMILES string of the molecule is CCCOCCOc1ccc(O)c(F)c1. The van der Waals surface area contributed by atoms with Crippen LogP contribution in [0.2, 0.25) is 0 Å². The van der Waals surface area contributed by atoms with Gasteiger partial charge in [0.1, 0.15) is 12.4 Å². The van der Waals surface area contributed by atoms with Gasteiger partial charge in [-0.05, 0) is 18.6 Å². The predicted octanol–water partition coefficient (Wildman–Crippen LogP) is 2.34. The van der Waals surface area contributed by atoms with Gasteiger partial charge in [0, 0.05) is 12.7 Å². The average Bonchev–Trinajstić information content (AvgIpc) is 2.23. The van der Waals surface area contributed by atoms with Crippen LogP contribution in [0.25, 0.3) is 0 Å². The largest absolute Gasteiger partial charge is 0.505 e. The average molecular weight is 214 g/mol. The van der Waals surface area contributed by atoms with Gasteiger partial charge < -0.3 is 14.6 Å². The van der Waals surface area contributed by atoms with Crippen molar-refractivity contribution in [2.45, 2.75) is 13.3 Å². The van der Waals surface area contributed by atoms with Crippen molar-refractivity contribution in [3.63, 3.8) is 0 Å². The Hall–Kier alpha value is -1.29. The molecule has 3 nitrogen and oxygen atoms in total. The Morgan fingerprint density at radius 1 is 1.27 bits per heavy atom. The standard InChI is InChI=1S/C11H15FO3/c1-2-5-14-6-7-15-9-3-4-11(13)10(12)8-9/h3-4,8,13H,2,5-7H2,1H3. The van der Waals surface area contributed by atoms with Gasteiger partial charge in [0.05, 0.1) is 6.61 Å². The van der Waals surface area contributed by atoms with E-state index < -0.39 is 5.82 Å². The molecule has 15 heavy (non-hydrogen) atoms. The quantitative estimate of drug-likeness (QED) is 0.739. The van der Waals surface area contributed by atoms with E-state index >= 15 is 0 Å². The molecule has 0 amide bonds. The van der Waals surface area contributed by atoms with Crippen molar-refractivity contribution < 1.29 is 19.0 Å². The van der Waals surface area contributed by atoms with Gasteiger partial charge in [-0.1, -0.05) is 6.92 Å². The first-order chi connectivity index (χ1) is 7.24. The van der Waals surface area contributed by atoms with Crippen LogP contribution in [0.1, 0.15) is 13.3 Å². The normalized spacial score (nSPS) is 10.3. The zero-order valence-electron chi connectivity index (χ0n) is 8.70. The predicted molar refractivity (Wildman–Crippen MR) is 54.7 cm³/mol.